The fourth-order valence-electron chi connectivity index (χ4n) is 3.53. The Hall–Kier alpha value is -3.33. The zero-order chi connectivity index (χ0) is 22.4. The average Bonchev–Trinajstić information content (AvgIpc) is 3.41. The molecule has 31 heavy (non-hydrogen) atoms. The van der Waals surface area contributed by atoms with E-state index in [0.717, 1.165) is 11.5 Å². The standard InChI is InChI=1S/C16H18N2O5.C6H9NO/c1-22-12-4-2-11(3-5-12)14(19)18-8-6-16(7-9-18)10-13(15(20)21)17-23-16;1-5-2-3-6(4-7)8-5/h2-5H,6-10H2,1H3,(H,20,21);2-3H,4,7H2,1H3. The second-order valence-corrected chi connectivity index (χ2v) is 7.53. The number of benzene rings is 1. The van der Waals surface area contributed by atoms with Crippen molar-refractivity contribution in [2.24, 2.45) is 10.9 Å². The topological polar surface area (TPSA) is 128 Å². The van der Waals surface area contributed by atoms with Crippen LogP contribution in [0.25, 0.3) is 0 Å². The zero-order valence-corrected chi connectivity index (χ0v) is 17.7. The lowest BCUT2D eigenvalue weighted by Crippen LogP contribution is -2.47. The summed E-state index contributed by atoms with van der Waals surface area (Å²) in [6.45, 7) is 3.44. The van der Waals surface area contributed by atoms with Crippen molar-refractivity contribution in [1.82, 2.24) is 4.90 Å². The quantitative estimate of drug-likeness (QED) is 0.764. The summed E-state index contributed by atoms with van der Waals surface area (Å²) in [4.78, 5) is 30.6. The summed E-state index contributed by atoms with van der Waals surface area (Å²) in [5.74, 6) is 1.39. The third kappa shape index (κ3) is 5.43. The highest BCUT2D eigenvalue weighted by Crippen LogP contribution is 2.35. The van der Waals surface area contributed by atoms with Crippen molar-refractivity contribution in [1.29, 1.82) is 0 Å². The van der Waals surface area contributed by atoms with Gasteiger partial charge in [-0.05, 0) is 43.3 Å². The van der Waals surface area contributed by atoms with Gasteiger partial charge in [0.25, 0.3) is 5.91 Å². The molecule has 0 atom stereocenters. The number of amides is 1. The molecule has 2 aromatic rings. The van der Waals surface area contributed by atoms with Crippen LogP contribution in [-0.4, -0.2) is 53.4 Å². The number of aryl methyl sites for hydroxylation is 1. The number of aliphatic carboxylic acids is 1. The molecule has 9 nitrogen and oxygen atoms in total. The molecule has 1 saturated heterocycles. The molecule has 0 aliphatic carbocycles. The van der Waals surface area contributed by atoms with E-state index in [9.17, 15) is 9.59 Å². The predicted octanol–water partition coefficient (Wildman–Crippen LogP) is 2.58. The van der Waals surface area contributed by atoms with Gasteiger partial charge in [-0.1, -0.05) is 5.16 Å². The van der Waals surface area contributed by atoms with E-state index in [1.165, 1.54) is 0 Å². The van der Waals surface area contributed by atoms with E-state index < -0.39 is 11.6 Å². The Kier molecular flexibility index (Phi) is 6.96. The smallest absolute Gasteiger partial charge is 0.353 e. The Balaban J connectivity index is 0.000000287. The summed E-state index contributed by atoms with van der Waals surface area (Å²) < 4.78 is 10.2. The fraction of sp³-hybridized carbons (Fsp3) is 0.409. The Morgan fingerprint density at radius 2 is 1.87 bits per heavy atom. The monoisotopic (exact) mass is 429 g/mol. The first-order valence-electron chi connectivity index (χ1n) is 10.0. The number of carboxylic acid groups (broad SMARTS) is 1. The summed E-state index contributed by atoms with van der Waals surface area (Å²) in [6.07, 6.45) is 1.46. The van der Waals surface area contributed by atoms with Crippen LogP contribution in [0, 0.1) is 6.92 Å². The molecule has 3 heterocycles. The molecule has 166 valence electrons. The molecule has 2 aliphatic heterocycles. The van der Waals surface area contributed by atoms with Gasteiger partial charge < -0.3 is 29.7 Å². The van der Waals surface area contributed by atoms with Crippen LogP contribution in [0.5, 0.6) is 5.75 Å². The first-order valence-corrected chi connectivity index (χ1v) is 10.0. The van der Waals surface area contributed by atoms with Crippen molar-refractivity contribution in [2.75, 3.05) is 20.2 Å². The predicted molar refractivity (Wildman–Crippen MR) is 113 cm³/mol. The van der Waals surface area contributed by atoms with Crippen LogP contribution in [0.4, 0.5) is 0 Å². The van der Waals surface area contributed by atoms with Gasteiger partial charge in [-0.2, -0.15) is 0 Å². The van der Waals surface area contributed by atoms with E-state index in [2.05, 4.69) is 5.16 Å². The second-order valence-electron chi connectivity index (χ2n) is 7.53. The minimum Gasteiger partial charge on any atom is -0.497 e. The number of ether oxygens (including phenoxy) is 1. The van der Waals surface area contributed by atoms with E-state index in [-0.39, 0.29) is 11.6 Å². The Labute approximate surface area is 180 Å². The Bertz CT molecular complexity index is 942. The van der Waals surface area contributed by atoms with Gasteiger partial charge in [0, 0.05) is 37.9 Å². The number of nitrogens with two attached hydrogens (primary N) is 1. The van der Waals surface area contributed by atoms with E-state index in [1.54, 1.807) is 36.3 Å². The molecule has 0 radical (unpaired) electrons. The zero-order valence-electron chi connectivity index (χ0n) is 17.7. The van der Waals surface area contributed by atoms with Gasteiger partial charge in [-0.15, -0.1) is 0 Å². The van der Waals surface area contributed by atoms with Crippen LogP contribution in [0.3, 0.4) is 0 Å². The summed E-state index contributed by atoms with van der Waals surface area (Å²) in [5.41, 5.74) is 5.37. The number of oxime groups is 1. The molecule has 0 unspecified atom stereocenters. The van der Waals surface area contributed by atoms with Crippen molar-refractivity contribution in [3.05, 3.63) is 53.5 Å². The molecule has 0 bridgehead atoms. The lowest BCUT2D eigenvalue weighted by molar-refractivity contribution is -0.129. The number of hydrogen-bond acceptors (Lipinski definition) is 7. The minimum atomic E-state index is -1.04. The molecule has 1 amide bonds. The van der Waals surface area contributed by atoms with Gasteiger partial charge in [-0.25, -0.2) is 4.79 Å². The van der Waals surface area contributed by atoms with Crippen molar-refractivity contribution in [2.45, 2.75) is 38.3 Å². The largest absolute Gasteiger partial charge is 0.497 e. The lowest BCUT2D eigenvalue weighted by atomic mass is 9.86. The van der Waals surface area contributed by atoms with E-state index >= 15 is 0 Å². The number of nitrogens with zero attached hydrogens (tertiary/aromatic N) is 2. The van der Waals surface area contributed by atoms with E-state index in [4.69, 9.17) is 24.8 Å². The van der Waals surface area contributed by atoms with E-state index in [0.29, 0.717) is 50.2 Å². The third-order valence-corrected chi connectivity index (χ3v) is 5.38. The second kappa shape index (κ2) is 9.65. The van der Waals surface area contributed by atoms with Crippen LogP contribution in [0.15, 0.2) is 46.0 Å². The van der Waals surface area contributed by atoms with Crippen molar-refractivity contribution in [3.8, 4) is 5.75 Å². The van der Waals surface area contributed by atoms with Crippen molar-refractivity contribution in [3.63, 3.8) is 0 Å². The highest BCUT2D eigenvalue weighted by molar-refractivity contribution is 6.36. The molecule has 4 rings (SSSR count). The van der Waals surface area contributed by atoms with Gasteiger partial charge in [0.1, 0.15) is 22.9 Å². The minimum absolute atomic E-state index is 0.0418. The summed E-state index contributed by atoms with van der Waals surface area (Å²) in [7, 11) is 1.58. The number of hydrogen-bond donors (Lipinski definition) is 2. The van der Waals surface area contributed by atoms with Crippen LogP contribution in [0.1, 0.15) is 41.1 Å². The first kappa shape index (κ1) is 22.4. The molecular weight excluding hydrogens is 402 g/mol. The van der Waals surface area contributed by atoms with Crippen molar-refractivity contribution < 1.29 is 28.7 Å². The van der Waals surface area contributed by atoms with Gasteiger partial charge in [0.15, 0.2) is 5.71 Å². The maximum absolute atomic E-state index is 12.5. The molecule has 2 aliphatic rings. The number of likely N-dealkylation sites (tertiary alicyclic amines) is 1. The maximum Gasteiger partial charge on any atom is 0.353 e. The molecule has 1 spiro atoms. The number of methoxy groups -OCH3 is 1. The summed E-state index contributed by atoms with van der Waals surface area (Å²) in [6, 6.07) is 10.8. The third-order valence-electron chi connectivity index (χ3n) is 5.38. The Morgan fingerprint density at radius 1 is 1.19 bits per heavy atom. The lowest BCUT2D eigenvalue weighted by Gasteiger charge is -2.37. The number of rotatable bonds is 4. The summed E-state index contributed by atoms with van der Waals surface area (Å²) in [5, 5.41) is 12.6. The SMILES string of the molecule is COc1ccc(C(=O)N2CCC3(CC2)CC(C(=O)O)=NO3)cc1.Cc1ccc(CN)o1. The molecule has 9 heteroatoms. The summed E-state index contributed by atoms with van der Waals surface area (Å²) >= 11 is 0. The molecule has 3 N–H and O–H groups in total. The van der Waals surface area contributed by atoms with Crippen LogP contribution in [0.2, 0.25) is 0 Å². The van der Waals surface area contributed by atoms with E-state index in [1.807, 2.05) is 19.1 Å². The Morgan fingerprint density at radius 3 is 2.32 bits per heavy atom. The number of carbonyl (C=O) groups is 2. The molecule has 1 aromatic carbocycles. The fourth-order valence-corrected chi connectivity index (χ4v) is 3.53. The highest BCUT2D eigenvalue weighted by atomic mass is 16.7. The van der Waals surface area contributed by atoms with Gasteiger partial charge >= 0.3 is 5.97 Å². The number of piperidine rings is 1. The van der Waals surface area contributed by atoms with Crippen LogP contribution >= 0.6 is 0 Å². The normalized spacial score (nSPS) is 16.7. The van der Waals surface area contributed by atoms with Crippen LogP contribution < -0.4 is 10.5 Å². The molecule has 0 saturated carbocycles. The van der Waals surface area contributed by atoms with Gasteiger partial charge in [0.05, 0.1) is 13.7 Å². The van der Waals surface area contributed by atoms with Crippen molar-refractivity contribution >= 4 is 17.6 Å². The molecule has 1 aromatic heterocycles. The molecule has 1 fully saturated rings. The molecular formula is C22H27N3O6. The highest BCUT2D eigenvalue weighted by Gasteiger charge is 2.44. The maximum atomic E-state index is 12.5. The van der Waals surface area contributed by atoms with Gasteiger partial charge in [0.2, 0.25) is 0 Å². The number of carbonyl (C=O) groups excluding carboxylic acids is 1. The average molecular weight is 429 g/mol. The number of carboxylic acids is 1. The van der Waals surface area contributed by atoms with Gasteiger partial charge in [-0.3, -0.25) is 4.79 Å². The first-order chi connectivity index (χ1) is 14.9. The van der Waals surface area contributed by atoms with Crippen LogP contribution in [-0.2, 0) is 16.2 Å². The number of furan rings is 1.